The van der Waals surface area contributed by atoms with Crippen molar-refractivity contribution in [3.63, 3.8) is 0 Å². The van der Waals surface area contributed by atoms with Gasteiger partial charge in [-0.2, -0.15) is 0 Å². The molecule has 1 N–H and O–H groups in total. The highest BCUT2D eigenvalue weighted by Crippen LogP contribution is 2.32. The Morgan fingerprint density at radius 3 is 2.44 bits per heavy atom. The Morgan fingerprint density at radius 1 is 0.944 bits per heavy atom. The van der Waals surface area contributed by atoms with E-state index in [1.165, 1.54) is 0 Å². The molecular formula is C15H11BrO2. The molecule has 0 fully saturated rings. The number of aliphatic hydroxyl groups excluding tert-OH is 1. The van der Waals surface area contributed by atoms with Crippen LogP contribution in [-0.4, -0.2) is 5.11 Å². The van der Waals surface area contributed by atoms with Gasteiger partial charge in [0.05, 0.1) is 6.26 Å². The lowest BCUT2D eigenvalue weighted by atomic mass is 9.99. The maximum Gasteiger partial charge on any atom is 0.137 e. The average Bonchev–Trinajstić information content (AvgIpc) is 2.93. The maximum atomic E-state index is 10.4. The molecule has 0 bridgehead atoms. The second-order valence-corrected chi connectivity index (χ2v) is 4.95. The van der Waals surface area contributed by atoms with Crippen LogP contribution in [0.2, 0.25) is 0 Å². The smallest absolute Gasteiger partial charge is 0.137 e. The van der Waals surface area contributed by atoms with Gasteiger partial charge in [-0.05, 0) is 34.5 Å². The molecule has 3 heteroatoms. The van der Waals surface area contributed by atoms with Gasteiger partial charge in [0.15, 0.2) is 0 Å². The Hall–Kier alpha value is -1.58. The molecule has 1 heterocycles. The predicted molar refractivity (Wildman–Crippen MR) is 74.4 cm³/mol. The van der Waals surface area contributed by atoms with Crippen molar-refractivity contribution in [3.05, 3.63) is 70.6 Å². The molecule has 18 heavy (non-hydrogen) atoms. The van der Waals surface area contributed by atoms with Crippen LogP contribution in [-0.2, 0) is 0 Å². The Morgan fingerprint density at radius 2 is 1.72 bits per heavy atom. The SMILES string of the molecule is OC(c1ccco1)c1ccc(Br)c2ccccc12. The third-order valence-corrected chi connectivity index (χ3v) is 3.70. The Kier molecular flexibility index (Phi) is 2.94. The first-order valence-electron chi connectivity index (χ1n) is 5.66. The molecule has 1 unspecified atom stereocenters. The van der Waals surface area contributed by atoms with E-state index in [1.54, 1.807) is 18.4 Å². The highest BCUT2D eigenvalue weighted by atomic mass is 79.9. The number of halogens is 1. The summed E-state index contributed by atoms with van der Waals surface area (Å²) in [5.41, 5.74) is 0.851. The first-order chi connectivity index (χ1) is 8.77. The molecule has 90 valence electrons. The molecule has 0 radical (unpaired) electrons. The van der Waals surface area contributed by atoms with Crippen molar-refractivity contribution in [2.75, 3.05) is 0 Å². The molecule has 0 saturated carbocycles. The number of fused-ring (bicyclic) bond motifs is 1. The van der Waals surface area contributed by atoms with Crippen molar-refractivity contribution in [2.45, 2.75) is 6.10 Å². The maximum absolute atomic E-state index is 10.4. The minimum absolute atomic E-state index is 0.558. The van der Waals surface area contributed by atoms with Gasteiger partial charge < -0.3 is 9.52 Å². The fourth-order valence-electron chi connectivity index (χ4n) is 2.12. The molecule has 1 aromatic heterocycles. The van der Waals surface area contributed by atoms with E-state index in [2.05, 4.69) is 15.9 Å². The number of rotatable bonds is 2. The van der Waals surface area contributed by atoms with Crippen LogP contribution in [0.5, 0.6) is 0 Å². The third-order valence-electron chi connectivity index (χ3n) is 3.01. The van der Waals surface area contributed by atoms with Crippen LogP contribution in [0, 0.1) is 0 Å². The lowest BCUT2D eigenvalue weighted by Crippen LogP contribution is -1.99. The van der Waals surface area contributed by atoms with Crippen LogP contribution in [0.25, 0.3) is 10.8 Å². The topological polar surface area (TPSA) is 33.4 Å². The number of hydrogen-bond acceptors (Lipinski definition) is 2. The molecule has 0 saturated heterocycles. The Labute approximate surface area is 113 Å². The summed E-state index contributed by atoms with van der Waals surface area (Å²) in [6.07, 6.45) is 0.831. The monoisotopic (exact) mass is 302 g/mol. The van der Waals surface area contributed by atoms with Crippen molar-refractivity contribution in [3.8, 4) is 0 Å². The summed E-state index contributed by atoms with van der Waals surface area (Å²) in [6, 6.07) is 15.4. The van der Waals surface area contributed by atoms with Crippen LogP contribution in [0.1, 0.15) is 17.4 Å². The van der Waals surface area contributed by atoms with Gasteiger partial charge in [0.1, 0.15) is 11.9 Å². The summed E-state index contributed by atoms with van der Waals surface area (Å²) in [4.78, 5) is 0. The van der Waals surface area contributed by atoms with E-state index in [4.69, 9.17) is 4.42 Å². The van der Waals surface area contributed by atoms with Gasteiger partial charge in [0.25, 0.3) is 0 Å². The highest BCUT2D eigenvalue weighted by molar-refractivity contribution is 9.10. The van der Waals surface area contributed by atoms with Crippen LogP contribution in [0.3, 0.4) is 0 Å². The molecule has 0 aliphatic heterocycles. The normalized spacial score (nSPS) is 12.8. The summed E-state index contributed by atoms with van der Waals surface area (Å²) in [5.74, 6) is 0.558. The largest absolute Gasteiger partial charge is 0.466 e. The third kappa shape index (κ3) is 1.85. The summed E-state index contributed by atoms with van der Waals surface area (Å²) in [7, 11) is 0. The minimum atomic E-state index is -0.738. The van der Waals surface area contributed by atoms with Gasteiger partial charge in [0, 0.05) is 4.47 Å². The molecule has 3 rings (SSSR count). The van der Waals surface area contributed by atoms with Crippen LogP contribution >= 0.6 is 15.9 Å². The van der Waals surface area contributed by atoms with E-state index < -0.39 is 6.10 Å². The van der Waals surface area contributed by atoms with E-state index in [0.29, 0.717) is 5.76 Å². The zero-order valence-electron chi connectivity index (χ0n) is 9.51. The van der Waals surface area contributed by atoms with Crippen molar-refractivity contribution >= 4 is 26.7 Å². The first kappa shape index (κ1) is 11.5. The molecule has 0 amide bonds. The molecule has 3 aromatic rings. The number of aliphatic hydroxyl groups is 1. The average molecular weight is 303 g/mol. The summed E-state index contributed by atoms with van der Waals surface area (Å²) in [6.45, 7) is 0. The van der Waals surface area contributed by atoms with E-state index >= 15 is 0 Å². The molecule has 0 aliphatic rings. The quantitative estimate of drug-likeness (QED) is 0.766. The molecule has 2 aromatic carbocycles. The fourth-order valence-corrected chi connectivity index (χ4v) is 2.60. The lowest BCUT2D eigenvalue weighted by Gasteiger charge is -2.12. The van der Waals surface area contributed by atoms with Gasteiger partial charge in [0.2, 0.25) is 0 Å². The van der Waals surface area contributed by atoms with Gasteiger partial charge in [-0.25, -0.2) is 0 Å². The molecule has 2 nitrogen and oxygen atoms in total. The van der Waals surface area contributed by atoms with Gasteiger partial charge >= 0.3 is 0 Å². The molecule has 1 atom stereocenters. The summed E-state index contributed by atoms with van der Waals surface area (Å²) >= 11 is 3.52. The number of hydrogen-bond donors (Lipinski definition) is 1. The standard InChI is InChI=1S/C15H11BrO2/c16-13-8-7-12(10-4-1-2-5-11(10)13)15(17)14-6-3-9-18-14/h1-9,15,17H. The zero-order chi connectivity index (χ0) is 12.5. The van der Waals surface area contributed by atoms with Crippen molar-refractivity contribution < 1.29 is 9.52 Å². The van der Waals surface area contributed by atoms with E-state index in [9.17, 15) is 5.11 Å². The van der Waals surface area contributed by atoms with E-state index in [1.807, 2.05) is 36.4 Å². The van der Waals surface area contributed by atoms with Crippen molar-refractivity contribution in [1.82, 2.24) is 0 Å². The van der Waals surface area contributed by atoms with Crippen molar-refractivity contribution in [2.24, 2.45) is 0 Å². The van der Waals surface area contributed by atoms with Crippen molar-refractivity contribution in [1.29, 1.82) is 0 Å². The van der Waals surface area contributed by atoms with Gasteiger partial charge in [-0.1, -0.05) is 46.3 Å². The molecular weight excluding hydrogens is 292 g/mol. The molecule has 0 aliphatic carbocycles. The van der Waals surface area contributed by atoms with E-state index in [0.717, 1.165) is 20.8 Å². The van der Waals surface area contributed by atoms with E-state index in [-0.39, 0.29) is 0 Å². The van der Waals surface area contributed by atoms with Crippen LogP contribution in [0.15, 0.2) is 63.7 Å². The summed E-state index contributed by atoms with van der Waals surface area (Å²) in [5, 5.41) is 12.5. The second kappa shape index (κ2) is 4.59. The fraction of sp³-hybridized carbons (Fsp3) is 0.0667. The zero-order valence-corrected chi connectivity index (χ0v) is 11.1. The minimum Gasteiger partial charge on any atom is -0.466 e. The number of benzene rings is 2. The first-order valence-corrected chi connectivity index (χ1v) is 6.45. The Balaban J connectivity index is 2.21. The van der Waals surface area contributed by atoms with Gasteiger partial charge in [-0.15, -0.1) is 0 Å². The highest BCUT2D eigenvalue weighted by Gasteiger charge is 2.16. The Bertz CT molecular complexity index is 674. The predicted octanol–water partition coefficient (Wildman–Crippen LogP) is 4.28. The van der Waals surface area contributed by atoms with Crippen LogP contribution in [0.4, 0.5) is 0 Å². The lowest BCUT2D eigenvalue weighted by molar-refractivity contribution is 0.191. The summed E-state index contributed by atoms with van der Waals surface area (Å²) < 4.78 is 6.29. The molecule has 0 spiro atoms. The number of furan rings is 1. The van der Waals surface area contributed by atoms with Crippen LogP contribution < -0.4 is 0 Å². The second-order valence-electron chi connectivity index (χ2n) is 4.10. The van der Waals surface area contributed by atoms with Gasteiger partial charge in [-0.3, -0.25) is 0 Å².